The largest absolute Gasteiger partial charge is 0.488 e. The number of anilines is 1. The van der Waals surface area contributed by atoms with Crippen LogP contribution in [0, 0.1) is 0 Å². The van der Waals surface area contributed by atoms with E-state index in [1.54, 1.807) is 12.1 Å². The maximum Gasteiger partial charge on any atom is 0.419 e. The molecule has 2 rings (SSSR count). The number of alkyl halides is 3. The Morgan fingerprint density at radius 1 is 1.20 bits per heavy atom. The summed E-state index contributed by atoms with van der Waals surface area (Å²) in [6, 6.07) is 8.30. The van der Waals surface area contributed by atoms with Crippen molar-refractivity contribution in [1.29, 1.82) is 0 Å². The fourth-order valence-corrected chi connectivity index (χ4v) is 1.63. The van der Waals surface area contributed by atoms with Gasteiger partial charge in [0, 0.05) is 6.20 Å². The summed E-state index contributed by atoms with van der Waals surface area (Å²) >= 11 is 0. The van der Waals surface area contributed by atoms with Crippen LogP contribution in [0.4, 0.5) is 19.0 Å². The van der Waals surface area contributed by atoms with Crippen LogP contribution in [0.1, 0.15) is 11.1 Å². The summed E-state index contributed by atoms with van der Waals surface area (Å²) in [7, 11) is 0. The van der Waals surface area contributed by atoms with Gasteiger partial charge in [-0.1, -0.05) is 12.1 Å². The monoisotopic (exact) mass is 283 g/mol. The Morgan fingerprint density at radius 3 is 2.65 bits per heavy atom. The van der Waals surface area contributed by atoms with Crippen molar-refractivity contribution in [3.8, 4) is 5.75 Å². The first kappa shape index (κ1) is 14.1. The number of pyridine rings is 1. The molecular formula is C13H12F3N3O. The number of para-hydroxylation sites is 1. The van der Waals surface area contributed by atoms with Crippen LogP contribution in [-0.2, 0) is 12.8 Å². The molecule has 20 heavy (non-hydrogen) atoms. The van der Waals surface area contributed by atoms with E-state index in [0.717, 1.165) is 6.07 Å². The number of nitrogens with zero attached hydrogens (tertiary/aromatic N) is 1. The van der Waals surface area contributed by atoms with Crippen molar-refractivity contribution in [2.45, 2.75) is 12.8 Å². The van der Waals surface area contributed by atoms with E-state index in [1.807, 2.05) is 0 Å². The number of benzene rings is 1. The smallest absolute Gasteiger partial charge is 0.419 e. The Hall–Kier alpha value is -2.28. The number of hydrazine groups is 1. The van der Waals surface area contributed by atoms with Gasteiger partial charge in [-0.2, -0.15) is 13.2 Å². The Labute approximate surface area is 113 Å². The number of ether oxygens (including phenoxy) is 1. The fraction of sp³-hybridized carbons (Fsp3) is 0.154. The first-order valence-corrected chi connectivity index (χ1v) is 5.71. The van der Waals surface area contributed by atoms with Gasteiger partial charge in [-0.25, -0.2) is 10.8 Å². The molecule has 0 fully saturated rings. The van der Waals surface area contributed by atoms with Crippen LogP contribution >= 0.6 is 0 Å². The van der Waals surface area contributed by atoms with Crippen molar-refractivity contribution in [1.82, 2.24) is 4.98 Å². The zero-order valence-corrected chi connectivity index (χ0v) is 10.3. The molecule has 0 aliphatic carbocycles. The molecule has 0 saturated carbocycles. The van der Waals surface area contributed by atoms with Crippen molar-refractivity contribution >= 4 is 5.82 Å². The molecule has 0 spiro atoms. The van der Waals surface area contributed by atoms with E-state index < -0.39 is 11.7 Å². The van der Waals surface area contributed by atoms with Gasteiger partial charge in [-0.3, -0.25) is 0 Å². The van der Waals surface area contributed by atoms with Crippen LogP contribution in [0.25, 0.3) is 0 Å². The number of halogens is 3. The number of nitrogens with one attached hydrogen (secondary N) is 1. The van der Waals surface area contributed by atoms with E-state index in [9.17, 15) is 13.2 Å². The van der Waals surface area contributed by atoms with E-state index in [2.05, 4.69) is 10.4 Å². The minimum Gasteiger partial charge on any atom is -0.488 e. The van der Waals surface area contributed by atoms with Gasteiger partial charge in [-0.05, 0) is 29.8 Å². The van der Waals surface area contributed by atoms with Crippen LogP contribution in [0.15, 0.2) is 42.6 Å². The molecule has 0 radical (unpaired) electrons. The Bertz CT molecular complexity index is 587. The van der Waals surface area contributed by atoms with Crippen molar-refractivity contribution in [2.75, 3.05) is 5.43 Å². The third-order valence-corrected chi connectivity index (χ3v) is 2.56. The first-order chi connectivity index (χ1) is 9.50. The van der Waals surface area contributed by atoms with Crippen LogP contribution in [0.2, 0.25) is 0 Å². The number of aromatic nitrogens is 1. The van der Waals surface area contributed by atoms with Crippen molar-refractivity contribution in [2.24, 2.45) is 5.84 Å². The maximum atomic E-state index is 12.8. The van der Waals surface area contributed by atoms with E-state index in [4.69, 9.17) is 10.6 Å². The molecular weight excluding hydrogens is 271 g/mol. The molecule has 0 aliphatic rings. The van der Waals surface area contributed by atoms with E-state index in [1.165, 1.54) is 24.4 Å². The molecule has 1 heterocycles. The molecule has 0 saturated heterocycles. The summed E-state index contributed by atoms with van der Waals surface area (Å²) in [4.78, 5) is 3.90. The zero-order chi connectivity index (χ0) is 14.6. The average molecular weight is 283 g/mol. The molecule has 0 atom stereocenters. The standard InChI is InChI=1S/C13H12F3N3O/c14-13(15,16)10-3-1-2-4-11(10)20-8-9-5-6-18-12(7-9)19-17/h1-7H,8,17H2,(H,18,19). The lowest BCUT2D eigenvalue weighted by Gasteiger charge is -2.13. The minimum atomic E-state index is -4.45. The highest BCUT2D eigenvalue weighted by Crippen LogP contribution is 2.36. The molecule has 0 bridgehead atoms. The van der Waals surface area contributed by atoms with Gasteiger partial charge in [0.05, 0.1) is 5.56 Å². The lowest BCUT2D eigenvalue weighted by atomic mass is 10.2. The third-order valence-electron chi connectivity index (χ3n) is 2.56. The average Bonchev–Trinajstić information content (AvgIpc) is 2.44. The normalized spacial score (nSPS) is 11.2. The SMILES string of the molecule is NNc1cc(COc2ccccc2C(F)(F)F)ccn1. The van der Waals surface area contributed by atoms with Gasteiger partial charge in [0.1, 0.15) is 18.2 Å². The highest BCUT2D eigenvalue weighted by atomic mass is 19.4. The van der Waals surface area contributed by atoms with Crippen LogP contribution in [0.5, 0.6) is 5.75 Å². The second-order valence-corrected chi connectivity index (χ2v) is 3.98. The Balaban J connectivity index is 2.15. The topological polar surface area (TPSA) is 60.2 Å². The Morgan fingerprint density at radius 2 is 1.95 bits per heavy atom. The number of nitrogens with two attached hydrogens (primary N) is 1. The van der Waals surface area contributed by atoms with Gasteiger partial charge in [0.15, 0.2) is 0 Å². The molecule has 1 aromatic carbocycles. The zero-order valence-electron chi connectivity index (χ0n) is 10.3. The minimum absolute atomic E-state index is 0.00963. The Kier molecular flexibility index (Phi) is 4.09. The quantitative estimate of drug-likeness (QED) is 0.669. The summed E-state index contributed by atoms with van der Waals surface area (Å²) in [5, 5.41) is 0. The van der Waals surface area contributed by atoms with Crippen LogP contribution in [-0.4, -0.2) is 4.98 Å². The molecule has 3 N–H and O–H groups in total. The summed E-state index contributed by atoms with van der Waals surface area (Å²) in [6.45, 7) is -0.00963. The molecule has 2 aromatic rings. The lowest BCUT2D eigenvalue weighted by Crippen LogP contribution is -2.10. The summed E-state index contributed by atoms with van der Waals surface area (Å²) in [6.07, 6.45) is -2.96. The highest BCUT2D eigenvalue weighted by Gasteiger charge is 2.33. The van der Waals surface area contributed by atoms with Gasteiger partial charge < -0.3 is 10.2 Å². The highest BCUT2D eigenvalue weighted by molar-refractivity contribution is 5.38. The predicted molar refractivity (Wildman–Crippen MR) is 67.8 cm³/mol. The molecule has 106 valence electrons. The summed E-state index contributed by atoms with van der Waals surface area (Å²) in [5.41, 5.74) is 2.21. The molecule has 4 nitrogen and oxygen atoms in total. The van der Waals surface area contributed by atoms with Crippen LogP contribution < -0.4 is 16.0 Å². The predicted octanol–water partition coefficient (Wildman–Crippen LogP) is 2.97. The van der Waals surface area contributed by atoms with E-state index in [0.29, 0.717) is 11.4 Å². The second kappa shape index (κ2) is 5.79. The van der Waals surface area contributed by atoms with Gasteiger partial charge in [0.2, 0.25) is 0 Å². The lowest BCUT2D eigenvalue weighted by molar-refractivity contribution is -0.139. The molecule has 0 amide bonds. The van der Waals surface area contributed by atoms with Crippen molar-refractivity contribution in [3.05, 3.63) is 53.7 Å². The maximum absolute atomic E-state index is 12.8. The van der Waals surface area contributed by atoms with Crippen molar-refractivity contribution in [3.63, 3.8) is 0 Å². The fourth-order valence-electron chi connectivity index (χ4n) is 1.63. The van der Waals surface area contributed by atoms with Gasteiger partial charge >= 0.3 is 6.18 Å². The number of hydrogen-bond acceptors (Lipinski definition) is 4. The van der Waals surface area contributed by atoms with Crippen LogP contribution in [0.3, 0.4) is 0 Å². The number of nitrogen functional groups attached to an aromatic ring is 1. The molecule has 7 heteroatoms. The van der Waals surface area contributed by atoms with E-state index >= 15 is 0 Å². The van der Waals surface area contributed by atoms with E-state index in [-0.39, 0.29) is 12.4 Å². The third kappa shape index (κ3) is 3.39. The first-order valence-electron chi connectivity index (χ1n) is 5.71. The molecule has 0 aliphatic heterocycles. The summed E-state index contributed by atoms with van der Waals surface area (Å²) in [5.74, 6) is 5.41. The summed E-state index contributed by atoms with van der Waals surface area (Å²) < 4.78 is 43.6. The second-order valence-electron chi connectivity index (χ2n) is 3.98. The van der Waals surface area contributed by atoms with Crippen molar-refractivity contribution < 1.29 is 17.9 Å². The molecule has 0 unspecified atom stereocenters. The van der Waals surface area contributed by atoms with Gasteiger partial charge in [0.25, 0.3) is 0 Å². The number of rotatable bonds is 4. The van der Waals surface area contributed by atoms with Gasteiger partial charge in [-0.15, -0.1) is 0 Å². The molecule has 1 aromatic heterocycles. The number of hydrogen-bond donors (Lipinski definition) is 2.